The van der Waals surface area contributed by atoms with Crippen molar-refractivity contribution in [3.63, 3.8) is 0 Å². The molecule has 2 aromatic rings. The molecule has 0 aliphatic carbocycles. The van der Waals surface area contributed by atoms with E-state index in [-0.39, 0.29) is 11.5 Å². The van der Waals surface area contributed by atoms with Crippen LogP contribution in [0, 0.1) is 6.92 Å². The van der Waals surface area contributed by atoms with Crippen LogP contribution < -0.4 is 0 Å². The normalized spacial score (nSPS) is 23.4. The van der Waals surface area contributed by atoms with E-state index in [9.17, 15) is 12.6 Å². The summed E-state index contributed by atoms with van der Waals surface area (Å²) in [7, 11) is -5.61. The second kappa shape index (κ2) is 8.48. The number of ether oxygens (including phenoxy) is 1. The smallest absolute Gasteiger partial charge is 0.254 e. The Labute approximate surface area is 163 Å². The van der Waals surface area contributed by atoms with Crippen molar-refractivity contribution >= 4 is 21.0 Å². The quantitative estimate of drug-likeness (QED) is 0.693. The van der Waals surface area contributed by atoms with Crippen molar-refractivity contribution in [2.75, 3.05) is 6.61 Å². The van der Waals surface area contributed by atoms with Gasteiger partial charge >= 0.3 is 0 Å². The molecule has 0 N–H and O–H groups in total. The van der Waals surface area contributed by atoms with Crippen molar-refractivity contribution in [3.05, 3.63) is 77.9 Å². The third-order valence-electron chi connectivity index (χ3n) is 4.32. The van der Waals surface area contributed by atoms with Crippen LogP contribution in [0.4, 0.5) is 0 Å². The lowest BCUT2D eigenvalue weighted by Gasteiger charge is -2.31. The van der Waals surface area contributed by atoms with E-state index in [1.54, 1.807) is 43.3 Å². The molecule has 27 heavy (non-hydrogen) atoms. The van der Waals surface area contributed by atoms with Gasteiger partial charge in [-0.3, -0.25) is 0 Å². The molecule has 3 atom stereocenters. The minimum absolute atomic E-state index is 0.146. The van der Waals surface area contributed by atoms with Gasteiger partial charge in [0.1, 0.15) is 11.0 Å². The molecule has 0 saturated heterocycles. The lowest BCUT2D eigenvalue weighted by atomic mass is 10.2. The molecule has 0 radical (unpaired) electrons. The van der Waals surface area contributed by atoms with Crippen molar-refractivity contribution in [3.8, 4) is 0 Å². The Bertz CT molecular complexity index is 924. The van der Waals surface area contributed by atoms with E-state index in [1.807, 2.05) is 37.3 Å². The molecule has 3 rings (SSSR count). The van der Waals surface area contributed by atoms with Crippen molar-refractivity contribution in [1.82, 2.24) is 3.71 Å². The molecule has 144 valence electrons. The predicted octanol–water partition coefficient (Wildman–Crippen LogP) is 3.19. The lowest BCUT2D eigenvalue weighted by Crippen LogP contribution is -2.46. The largest absolute Gasteiger partial charge is 0.375 e. The number of hydrogen-bond donors (Lipinski definition) is 0. The van der Waals surface area contributed by atoms with Crippen LogP contribution in [-0.2, 0) is 32.4 Å². The number of aryl methyl sites for hydroxylation is 1. The third-order valence-corrected chi connectivity index (χ3v) is 8.52. The van der Waals surface area contributed by atoms with Gasteiger partial charge in [0, 0.05) is 0 Å². The fourth-order valence-electron chi connectivity index (χ4n) is 2.83. The highest BCUT2D eigenvalue weighted by Crippen LogP contribution is 2.26. The number of hydrogen-bond acceptors (Lipinski definition) is 4. The molecular weight excluding hydrogens is 382 g/mol. The second-order valence-corrected chi connectivity index (χ2v) is 10.1. The molecule has 0 amide bonds. The summed E-state index contributed by atoms with van der Waals surface area (Å²) in [5.41, 5.74) is 1.98. The van der Waals surface area contributed by atoms with Gasteiger partial charge in [0.05, 0.1) is 29.4 Å². The van der Waals surface area contributed by atoms with E-state index >= 15 is 0 Å². The van der Waals surface area contributed by atoms with E-state index in [0.717, 1.165) is 14.8 Å². The van der Waals surface area contributed by atoms with Gasteiger partial charge in [-0.1, -0.05) is 60.2 Å². The van der Waals surface area contributed by atoms with Gasteiger partial charge in [0.15, 0.2) is 0 Å². The van der Waals surface area contributed by atoms with Gasteiger partial charge in [0.25, 0.3) is 10.0 Å². The Kier molecular flexibility index (Phi) is 6.26. The average Bonchev–Trinajstić information content (AvgIpc) is 2.65. The fraction of sp³-hybridized carbons (Fsp3) is 0.300. The second-order valence-electron chi connectivity index (χ2n) is 6.51. The van der Waals surface area contributed by atoms with Gasteiger partial charge in [0.2, 0.25) is 0 Å². The van der Waals surface area contributed by atoms with Crippen LogP contribution in [0.25, 0.3) is 0 Å². The van der Waals surface area contributed by atoms with Crippen LogP contribution in [0.2, 0.25) is 0 Å². The van der Waals surface area contributed by atoms with E-state index in [1.165, 1.54) is 0 Å². The van der Waals surface area contributed by atoms with E-state index in [2.05, 4.69) is 0 Å². The molecule has 0 fully saturated rings. The maximum atomic E-state index is 13.0. The summed E-state index contributed by atoms with van der Waals surface area (Å²) in [6.07, 6.45) is 3.55. The Morgan fingerprint density at radius 2 is 1.70 bits per heavy atom. The number of rotatable bonds is 6. The van der Waals surface area contributed by atoms with Gasteiger partial charge in [-0.2, -0.15) is 0 Å². The molecule has 0 spiro atoms. The minimum Gasteiger partial charge on any atom is -0.375 e. The third kappa shape index (κ3) is 4.55. The Morgan fingerprint density at radius 1 is 1.04 bits per heavy atom. The SMILES string of the molecule is Cc1ccc(S(=O)(=O)N2[C@H](C)C=C[C@H](COCc3ccccc3)S2=O)cc1. The van der Waals surface area contributed by atoms with Gasteiger partial charge < -0.3 is 4.74 Å². The van der Waals surface area contributed by atoms with Gasteiger partial charge in [-0.05, 0) is 31.5 Å². The Balaban J connectivity index is 1.74. The molecule has 5 nitrogen and oxygen atoms in total. The monoisotopic (exact) mass is 405 g/mol. The highest BCUT2D eigenvalue weighted by atomic mass is 32.3. The van der Waals surface area contributed by atoms with Crippen LogP contribution in [-0.4, -0.2) is 34.2 Å². The summed E-state index contributed by atoms with van der Waals surface area (Å²) in [6, 6.07) is 15.8. The maximum Gasteiger partial charge on any atom is 0.254 e. The topological polar surface area (TPSA) is 63.7 Å². The summed E-state index contributed by atoms with van der Waals surface area (Å²) < 4.78 is 45.8. The number of nitrogens with zero attached hydrogens (tertiary/aromatic N) is 1. The van der Waals surface area contributed by atoms with Crippen molar-refractivity contribution in [2.24, 2.45) is 0 Å². The highest BCUT2D eigenvalue weighted by Gasteiger charge is 2.38. The lowest BCUT2D eigenvalue weighted by molar-refractivity contribution is 0.126. The summed E-state index contributed by atoms with van der Waals surface area (Å²) in [6.45, 7) is 4.19. The van der Waals surface area contributed by atoms with Crippen LogP contribution in [0.15, 0.2) is 71.6 Å². The zero-order chi connectivity index (χ0) is 19.4. The van der Waals surface area contributed by atoms with E-state index < -0.39 is 32.3 Å². The number of benzene rings is 2. The van der Waals surface area contributed by atoms with Crippen molar-refractivity contribution in [1.29, 1.82) is 0 Å². The molecule has 1 aliphatic heterocycles. The maximum absolute atomic E-state index is 13.0. The standard InChI is InChI=1S/C20H23NO4S2/c1-16-8-12-20(13-9-16)27(23,24)21-17(2)10-11-19(26(21)22)15-25-14-18-6-4-3-5-7-18/h3-13,17,19H,14-15H2,1-2H3/t17-,19-,26?/m1/s1. The first-order valence-electron chi connectivity index (χ1n) is 8.71. The van der Waals surface area contributed by atoms with Crippen molar-refractivity contribution in [2.45, 2.75) is 36.6 Å². The molecular formula is C20H23NO4S2. The molecule has 2 aromatic carbocycles. The minimum atomic E-state index is -3.86. The van der Waals surface area contributed by atoms with E-state index in [4.69, 9.17) is 4.74 Å². The molecule has 1 aliphatic rings. The number of sulfonamides is 1. The Hall–Kier alpha value is -1.80. The first kappa shape index (κ1) is 19.9. The Morgan fingerprint density at radius 3 is 2.37 bits per heavy atom. The van der Waals surface area contributed by atoms with E-state index in [0.29, 0.717) is 6.61 Å². The molecule has 1 heterocycles. The fourth-order valence-corrected chi connectivity index (χ4v) is 6.49. The summed E-state index contributed by atoms with van der Waals surface area (Å²) in [4.78, 5) is 0.146. The molecule has 1 unspecified atom stereocenters. The molecule has 0 bridgehead atoms. The highest BCUT2D eigenvalue weighted by molar-refractivity contribution is 8.01. The predicted molar refractivity (Wildman–Crippen MR) is 107 cm³/mol. The van der Waals surface area contributed by atoms with Crippen LogP contribution in [0.3, 0.4) is 0 Å². The summed E-state index contributed by atoms with van der Waals surface area (Å²) >= 11 is 0. The molecule has 0 aromatic heterocycles. The first-order chi connectivity index (χ1) is 12.9. The van der Waals surface area contributed by atoms with Gasteiger partial charge in [-0.25, -0.2) is 12.6 Å². The molecule has 7 heteroatoms. The zero-order valence-electron chi connectivity index (χ0n) is 15.3. The molecule has 0 saturated carbocycles. The van der Waals surface area contributed by atoms with Crippen molar-refractivity contribution < 1.29 is 17.4 Å². The summed E-state index contributed by atoms with van der Waals surface area (Å²) in [5, 5.41) is -0.509. The zero-order valence-corrected chi connectivity index (χ0v) is 16.9. The van der Waals surface area contributed by atoms with Crippen LogP contribution >= 0.6 is 0 Å². The first-order valence-corrected chi connectivity index (χ1v) is 11.3. The van der Waals surface area contributed by atoms with Crippen LogP contribution in [0.1, 0.15) is 18.1 Å². The van der Waals surface area contributed by atoms with Gasteiger partial charge in [-0.15, -0.1) is 3.71 Å². The average molecular weight is 406 g/mol. The summed E-state index contributed by atoms with van der Waals surface area (Å²) in [5.74, 6) is 0. The van der Waals surface area contributed by atoms with Crippen LogP contribution in [0.5, 0.6) is 0 Å².